The second-order valence-corrected chi connectivity index (χ2v) is 7.41. The summed E-state index contributed by atoms with van der Waals surface area (Å²) in [7, 11) is 1.64. The van der Waals surface area contributed by atoms with Crippen molar-refractivity contribution in [2.75, 3.05) is 20.3 Å². The smallest absolute Gasteiger partial charge is 0.224 e. The summed E-state index contributed by atoms with van der Waals surface area (Å²) in [4.78, 5) is 13.3. The molecule has 1 aliphatic rings. The summed E-state index contributed by atoms with van der Waals surface area (Å²) in [5.74, 6) is 2.79. The fourth-order valence-electron chi connectivity index (χ4n) is 3.27. The molecular weight excluding hydrogens is 370 g/mol. The fourth-order valence-corrected chi connectivity index (χ4v) is 3.27. The van der Waals surface area contributed by atoms with Crippen LogP contribution in [0.2, 0.25) is 0 Å². The monoisotopic (exact) mass is 395 g/mol. The van der Waals surface area contributed by atoms with Gasteiger partial charge < -0.3 is 14.6 Å². The number of nitrogens with zero attached hydrogens (tertiary/aromatic N) is 5. The molecule has 152 valence electrons. The lowest BCUT2D eigenvalue weighted by molar-refractivity contribution is 0.230. The molecule has 0 amide bonds. The van der Waals surface area contributed by atoms with Crippen LogP contribution in [0.15, 0.2) is 36.9 Å². The van der Waals surface area contributed by atoms with Crippen molar-refractivity contribution in [1.82, 2.24) is 24.7 Å². The Morgan fingerprint density at radius 1 is 1.24 bits per heavy atom. The van der Waals surface area contributed by atoms with Crippen LogP contribution in [0, 0.1) is 12.8 Å². The van der Waals surface area contributed by atoms with Gasteiger partial charge in [-0.2, -0.15) is 10.1 Å². The van der Waals surface area contributed by atoms with Gasteiger partial charge in [0.25, 0.3) is 0 Å². The van der Waals surface area contributed by atoms with Crippen LogP contribution in [-0.4, -0.2) is 50.2 Å². The number of aliphatic hydroxyl groups is 1. The fraction of sp³-hybridized carbons (Fsp3) is 0.429. The number of aryl methyl sites for hydroxylation is 1. The second kappa shape index (κ2) is 8.16. The highest BCUT2D eigenvalue weighted by Crippen LogP contribution is 2.47. The molecule has 0 spiro atoms. The first-order valence-electron chi connectivity index (χ1n) is 9.70. The lowest BCUT2D eigenvalue weighted by atomic mass is 10.2. The van der Waals surface area contributed by atoms with Gasteiger partial charge in [0, 0.05) is 35.5 Å². The number of methoxy groups -OCH3 is 1. The molecule has 1 saturated carbocycles. The third kappa shape index (κ3) is 4.22. The third-order valence-corrected chi connectivity index (χ3v) is 5.23. The SMILES string of the molecule is COc1ccc(C2C[C@@H]2COc2nc(C)ncc2-c2cnn([C@@H](C)CO)c2)nc1. The van der Waals surface area contributed by atoms with Crippen LogP contribution in [0.5, 0.6) is 11.6 Å². The van der Waals surface area contributed by atoms with Gasteiger partial charge in [0.15, 0.2) is 0 Å². The lowest BCUT2D eigenvalue weighted by Crippen LogP contribution is -2.09. The van der Waals surface area contributed by atoms with Crippen LogP contribution in [-0.2, 0) is 0 Å². The molecule has 1 aliphatic carbocycles. The number of pyridine rings is 1. The molecule has 0 radical (unpaired) electrons. The predicted octanol–water partition coefficient (Wildman–Crippen LogP) is 2.79. The quantitative estimate of drug-likeness (QED) is 0.626. The molecule has 3 heterocycles. The van der Waals surface area contributed by atoms with Gasteiger partial charge in [-0.1, -0.05) is 0 Å². The highest BCUT2D eigenvalue weighted by Gasteiger charge is 2.40. The first kappa shape index (κ1) is 19.3. The third-order valence-electron chi connectivity index (χ3n) is 5.23. The number of ether oxygens (including phenoxy) is 2. The molecule has 3 aromatic rings. The molecule has 1 N–H and O–H groups in total. The minimum Gasteiger partial charge on any atom is -0.495 e. The van der Waals surface area contributed by atoms with Crippen molar-refractivity contribution < 1.29 is 14.6 Å². The highest BCUT2D eigenvalue weighted by molar-refractivity contribution is 5.66. The van der Waals surface area contributed by atoms with Gasteiger partial charge >= 0.3 is 0 Å². The van der Waals surface area contributed by atoms with E-state index in [9.17, 15) is 5.11 Å². The van der Waals surface area contributed by atoms with Gasteiger partial charge in [-0.15, -0.1) is 0 Å². The molecule has 8 nitrogen and oxygen atoms in total. The zero-order chi connectivity index (χ0) is 20.4. The van der Waals surface area contributed by atoms with E-state index in [2.05, 4.69) is 20.1 Å². The van der Waals surface area contributed by atoms with Crippen molar-refractivity contribution in [1.29, 1.82) is 0 Å². The van der Waals surface area contributed by atoms with E-state index in [1.54, 1.807) is 30.4 Å². The molecule has 3 atom stereocenters. The maximum Gasteiger partial charge on any atom is 0.224 e. The summed E-state index contributed by atoms with van der Waals surface area (Å²) in [6.45, 7) is 4.34. The zero-order valence-electron chi connectivity index (χ0n) is 16.8. The Hall–Kier alpha value is -3.00. The van der Waals surface area contributed by atoms with Crippen LogP contribution in [0.25, 0.3) is 11.1 Å². The average molecular weight is 395 g/mol. The Morgan fingerprint density at radius 3 is 2.83 bits per heavy atom. The Bertz CT molecular complexity index is 973. The van der Waals surface area contributed by atoms with Gasteiger partial charge in [-0.3, -0.25) is 9.67 Å². The van der Waals surface area contributed by atoms with Gasteiger partial charge in [0.05, 0.1) is 44.3 Å². The summed E-state index contributed by atoms with van der Waals surface area (Å²) in [6, 6.07) is 3.86. The molecular formula is C21H25N5O3. The minimum absolute atomic E-state index is 0.0251. The van der Waals surface area contributed by atoms with Crippen LogP contribution < -0.4 is 9.47 Å². The van der Waals surface area contributed by atoms with Gasteiger partial charge in [-0.05, 0) is 32.4 Å². The minimum atomic E-state index is -0.0938. The van der Waals surface area contributed by atoms with E-state index in [1.807, 2.05) is 32.2 Å². The molecule has 1 fully saturated rings. The molecule has 0 aliphatic heterocycles. The molecule has 4 rings (SSSR count). The molecule has 29 heavy (non-hydrogen) atoms. The summed E-state index contributed by atoms with van der Waals surface area (Å²) in [5, 5.41) is 13.7. The Kier molecular flexibility index (Phi) is 5.44. The average Bonchev–Trinajstić information content (AvgIpc) is 3.37. The maximum absolute atomic E-state index is 9.34. The topological polar surface area (TPSA) is 95.2 Å². The summed E-state index contributed by atoms with van der Waals surface area (Å²) < 4.78 is 13.0. The predicted molar refractivity (Wildman–Crippen MR) is 107 cm³/mol. The van der Waals surface area contributed by atoms with Gasteiger partial charge in [0.2, 0.25) is 5.88 Å². The number of rotatable bonds is 8. The maximum atomic E-state index is 9.34. The molecule has 3 aromatic heterocycles. The van der Waals surface area contributed by atoms with Crippen molar-refractivity contribution in [2.45, 2.75) is 32.2 Å². The zero-order valence-corrected chi connectivity index (χ0v) is 16.8. The Balaban J connectivity index is 1.45. The van der Waals surface area contributed by atoms with Crippen molar-refractivity contribution in [2.24, 2.45) is 5.92 Å². The van der Waals surface area contributed by atoms with Crippen LogP contribution >= 0.6 is 0 Å². The van der Waals surface area contributed by atoms with E-state index >= 15 is 0 Å². The van der Waals surface area contributed by atoms with Crippen molar-refractivity contribution >= 4 is 0 Å². The van der Waals surface area contributed by atoms with Gasteiger partial charge in [0.1, 0.15) is 11.6 Å². The molecule has 0 aromatic carbocycles. The van der Waals surface area contributed by atoms with Crippen molar-refractivity contribution in [3.8, 4) is 22.8 Å². The summed E-state index contributed by atoms with van der Waals surface area (Å²) >= 11 is 0. The molecule has 1 unspecified atom stereocenters. The summed E-state index contributed by atoms with van der Waals surface area (Å²) in [5.41, 5.74) is 2.73. The van der Waals surface area contributed by atoms with Crippen LogP contribution in [0.3, 0.4) is 0 Å². The van der Waals surface area contributed by atoms with E-state index in [0.29, 0.717) is 30.1 Å². The highest BCUT2D eigenvalue weighted by atomic mass is 16.5. The summed E-state index contributed by atoms with van der Waals surface area (Å²) in [6.07, 6.45) is 8.18. The van der Waals surface area contributed by atoms with E-state index in [1.165, 1.54) is 0 Å². The standard InChI is InChI=1S/C21H25N5O3/c1-13(11-27)26-10-16(7-24-26)19-9-22-14(2)25-21(19)29-12-15-6-18(15)20-5-4-17(28-3)8-23-20/h4-5,7-10,13,15,18,27H,6,11-12H2,1-3H3/t13-,15+,18?/m0/s1. The van der Waals surface area contributed by atoms with Crippen LogP contribution in [0.4, 0.5) is 0 Å². The second-order valence-electron chi connectivity index (χ2n) is 7.41. The largest absolute Gasteiger partial charge is 0.495 e. The molecule has 0 saturated heterocycles. The normalized spacial score (nSPS) is 19.0. The number of aliphatic hydroxyl groups excluding tert-OH is 1. The van der Waals surface area contributed by atoms with Crippen molar-refractivity contribution in [3.05, 3.63) is 48.4 Å². The first-order chi connectivity index (χ1) is 14.1. The number of hydrogen-bond acceptors (Lipinski definition) is 7. The molecule has 0 bridgehead atoms. The first-order valence-corrected chi connectivity index (χ1v) is 9.70. The van der Waals surface area contributed by atoms with Crippen LogP contribution in [0.1, 0.15) is 36.8 Å². The van der Waals surface area contributed by atoms with E-state index in [-0.39, 0.29) is 12.6 Å². The number of hydrogen-bond donors (Lipinski definition) is 1. The number of aromatic nitrogens is 5. The Labute approximate surface area is 169 Å². The van der Waals surface area contributed by atoms with E-state index in [0.717, 1.165) is 29.0 Å². The van der Waals surface area contributed by atoms with Crippen molar-refractivity contribution in [3.63, 3.8) is 0 Å². The van der Waals surface area contributed by atoms with E-state index < -0.39 is 0 Å². The van der Waals surface area contributed by atoms with E-state index in [4.69, 9.17) is 9.47 Å². The lowest BCUT2D eigenvalue weighted by Gasteiger charge is -2.10. The Morgan fingerprint density at radius 2 is 2.10 bits per heavy atom. The molecule has 8 heteroatoms. The van der Waals surface area contributed by atoms with Gasteiger partial charge in [-0.25, -0.2) is 4.98 Å².